The smallest absolute Gasteiger partial charge is 0.160 e. The minimum atomic E-state index is 0.000683. The van der Waals surface area contributed by atoms with Crippen molar-refractivity contribution >= 4 is 0 Å². The quantitative estimate of drug-likeness (QED) is 0.279. The van der Waals surface area contributed by atoms with Crippen LogP contribution in [0.25, 0.3) is 0 Å². The molecule has 2 heteroatoms. The molecule has 30 heavy (non-hydrogen) atoms. The molecule has 1 aromatic rings. The molecule has 3 unspecified atom stereocenters. The molecule has 1 aromatic carbocycles. The lowest BCUT2D eigenvalue weighted by Crippen LogP contribution is -2.03. The summed E-state index contributed by atoms with van der Waals surface area (Å²) >= 11 is 0. The number of rotatable bonds is 15. The van der Waals surface area contributed by atoms with E-state index in [4.69, 9.17) is 0 Å². The van der Waals surface area contributed by atoms with Crippen molar-refractivity contribution in [1.29, 1.82) is 0 Å². The number of hydrogen-bond donors (Lipinski definition) is 2. The van der Waals surface area contributed by atoms with Crippen LogP contribution in [0.3, 0.4) is 0 Å². The molecule has 1 rings (SSSR count). The monoisotopic (exact) mass is 418 g/mol. The molecule has 0 aliphatic heterocycles. The predicted octanol–water partition coefficient (Wildman–Crippen LogP) is 8.72. The van der Waals surface area contributed by atoms with Crippen molar-refractivity contribution in [2.75, 3.05) is 0 Å². The summed E-state index contributed by atoms with van der Waals surface area (Å²) < 4.78 is 0. The molecule has 0 saturated carbocycles. The van der Waals surface area contributed by atoms with E-state index in [-0.39, 0.29) is 11.5 Å². The van der Waals surface area contributed by atoms with Crippen LogP contribution in [-0.2, 0) is 6.42 Å². The number of aryl methyl sites for hydroxylation is 1. The maximum Gasteiger partial charge on any atom is 0.160 e. The van der Waals surface area contributed by atoms with E-state index in [1.54, 1.807) is 6.07 Å². The van der Waals surface area contributed by atoms with Gasteiger partial charge in [-0.2, -0.15) is 0 Å². The molecule has 0 amide bonds. The first-order valence-corrected chi connectivity index (χ1v) is 12.6. The molecule has 3 atom stereocenters. The van der Waals surface area contributed by atoms with Crippen molar-refractivity contribution in [3.05, 3.63) is 22.8 Å². The van der Waals surface area contributed by atoms with Crippen LogP contribution < -0.4 is 0 Å². The topological polar surface area (TPSA) is 40.5 Å². The molecule has 0 radical (unpaired) electrons. The molecule has 0 fully saturated rings. The van der Waals surface area contributed by atoms with Gasteiger partial charge in [-0.05, 0) is 73.1 Å². The highest BCUT2D eigenvalue weighted by atomic mass is 16.3. The molecule has 2 N–H and O–H groups in total. The largest absolute Gasteiger partial charge is 0.504 e. The lowest BCUT2D eigenvalue weighted by Gasteiger charge is -2.17. The summed E-state index contributed by atoms with van der Waals surface area (Å²) in [6, 6.07) is 1.69. The van der Waals surface area contributed by atoms with Crippen LogP contribution in [-0.4, -0.2) is 10.2 Å². The van der Waals surface area contributed by atoms with Gasteiger partial charge in [0.1, 0.15) is 0 Å². The van der Waals surface area contributed by atoms with E-state index in [0.29, 0.717) is 5.92 Å². The Bertz CT molecular complexity index is 605. The standard InChI is InChI=1S/C28H50O2/c1-20(2)11-8-12-21(3)13-9-14-22(4)15-10-16-23(5)17-18-26-24(6)19-27(29)28(30)25(26)7/h19-23,29-30H,8-18H2,1-7H3. The molecule has 0 aliphatic rings. The molecule has 2 nitrogen and oxygen atoms in total. The SMILES string of the molecule is Cc1cc(O)c(O)c(C)c1CCC(C)CCCC(C)CCCC(C)CCCC(C)C. The Hall–Kier alpha value is -1.18. The normalized spacial score (nSPS) is 14.8. The van der Waals surface area contributed by atoms with E-state index < -0.39 is 0 Å². The zero-order valence-corrected chi connectivity index (χ0v) is 21.1. The summed E-state index contributed by atoms with van der Waals surface area (Å²) in [7, 11) is 0. The second kappa shape index (κ2) is 14.0. The van der Waals surface area contributed by atoms with Gasteiger partial charge < -0.3 is 10.2 Å². The van der Waals surface area contributed by atoms with E-state index in [1.165, 1.54) is 63.4 Å². The Morgan fingerprint density at radius 1 is 0.667 bits per heavy atom. The molecular weight excluding hydrogens is 368 g/mol. The number of benzene rings is 1. The van der Waals surface area contributed by atoms with Crippen molar-refractivity contribution in [3.8, 4) is 11.5 Å². The molecule has 0 heterocycles. The van der Waals surface area contributed by atoms with Gasteiger partial charge in [-0.1, -0.05) is 92.4 Å². The average molecular weight is 419 g/mol. The zero-order valence-electron chi connectivity index (χ0n) is 21.1. The van der Waals surface area contributed by atoms with Gasteiger partial charge in [0.05, 0.1) is 0 Å². The van der Waals surface area contributed by atoms with Crippen LogP contribution in [0.15, 0.2) is 6.07 Å². The Morgan fingerprint density at radius 3 is 1.57 bits per heavy atom. The maximum absolute atomic E-state index is 10.00. The summed E-state index contributed by atoms with van der Waals surface area (Å²) in [6.07, 6.45) is 14.5. The van der Waals surface area contributed by atoms with E-state index in [1.807, 2.05) is 13.8 Å². The Kier molecular flexibility index (Phi) is 12.5. The highest BCUT2D eigenvalue weighted by Crippen LogP contribution is 2.34. The minimum Gasteiger partial charge on any atom is -0.504 e. The summed E-state index contributed by atoms with van der Waals surface area (Å²) in [4.78, 5) is 0. The lowest BCUT2D eigenvalue weighted by atomic mass is 9.89. The lowest BCUT2D eigenvalue weighted by molar-refractivity contribution is 0.374. The molecule has 0 spiro atoms. The molecule has 0 bridgehead atoms. The van der Waals surface area contributed by atoms with Gasteiger partial charge in [0.2, 0.25) is 0 Å². The first-order chi connectivity index (χ1) is 14.1. The zero-order chi connectivity index (χ0) is 22.7. The molecule has 0 saturated heterocycles. The van der Waals surface area contributed by atoms with Crippen molar-refractivity contribution in [2.24, 2.45) is 23.7 Å². The highest BCUT2D eigenvalue weighted by Gasteiger charge is 2.13. The van der Waals surface area contributed by atoms with Crippen molar-refractivity contribution in [1.82, 2.24) is 0 Å². The third-order valence-corrected chi connectivity index (χ3v) is 7.03. The van der Waals surface area contributed by atoms with Crippen LogP contribution >= 0.6 is 0 Å². The Balaban J connectivity index is 2.19. The van der Waals surface area contributed by atoms with Crippen LogP contribution in [0.1, 0.15) is 116 Å². The predicted molar refractivity (Wildman–Crippen MR) is 131 cm³/mol. The van der Waals surface area contributed by atoms with Crippen LogP contribution in [0.4, 0.5) is 0 Å². The van der Waals surface area contributed by atoms with Crippen LogP contribution in [0.2, 0.25) is 0 Å². The van der Waals surface area contributed by atoms with E-state index in [9.17, 15) is 10.2 Å². The van der Waals surface area contributed by atoms with Gasteiger partial charge in [-0.3, -0.25) is 0 Å². The van der Waals surface area contributed by atoms with E-state index >= 15 is 0 Å². The number of phenols is 2. The summed E-state index contributed by atoms with van der Waals surface area (Å²) in [5.41, 5.74) is 3.13. The van der Waals surface area contributed by atoms with Crippen LogP contribution in [0, 0.1) is 37.5 Å². The fourth-order valence-corrected chi connectivity index (χ4v) is 4.70. The molecule has 0 aliphatic carbocycles. The average Bonchev–Trinajstić information content (AvgIpc) is 2.65. The fraction of sp³-hybridized carbons (Fsp3) is 0.786. The number of phenolic OH excluding ortho intramolecular Hbond substituents is 2. The number of hydrogen-bond acceptors (Lipinski definition) is 2. The first kappa shape index (κ1) is 26.9. The molecule has 0 aromatic heterocycles. The van der Waals surface area contributed by atoms with Gasteiger partial charge in [-0.15, -0.1) is 0 Å². The van der Waals surface area contributed by atoms with Crippen LogP contribution in [0.5, 0.6) is 11.5 Å². The second-order valence-corrected chi connectivity index (χ2v) is 10.7. The van der Waals surface area contributed by atoms with E-state index in [0.717, 1.165) is 41.7 Å². The van der Waals surface area contributed by atoms with E-state index in [2.05, 4.69) is 34.6 Å². The first-order valence-electron chi connectivity index (χ1n) is 12.6. The highest BCUT2D eigenvalue weighted by molar-refractivity contribution is 5.52. The third kappa shape index (κ3) is 10.2. The maximum atomic E-state index is 10.00. The van der Waals surface area contributed by atoms with Gasteiger partial charge in [0.25, 0.3) is 0 Å². The van der Waals surface area contributed by atoms with Gasteiger partial charge in [-0.25, -0.2) is 0 Å². The summed E-state index contributed by atoms with van der Waals surface area (Å²) in [5.74, 6) is 3.33. The van der Waals surface area contributed by atoms with Gasteiger partial charge in [0.15, 0.2) is 11.5 Å². The second-order valence-electron chi connectivity index (χ2n) is 10.7. The Labute approximate surface area is 187 Å². The van der Waals surface area contributed by atoms with Gasteiger partial charge in [0, 0.05) is 0 Å². The van der Waals surface area contributed by atoms with Crippen molar-refractivity contribution < 1.29 is 10.2 Å². The third-order valence-electron chi connectivity index (χ3n) is 7.03. The molecule has 174 valence electrons. The summed E-state index contributed by atoms with van der Waals surface area (Å²) in [5, 5.41) is 19.7. The summed E-state index contributed by atoms with van der Waals surface area (Å²) in [6.45, 7) is 15.8. The Morgan fingerprint density at radius 2 is 1.10 bits per heavy atom. The van der Waals surface area contributed by atoms with Gasteiger partial charge >= 0.3 is 0 Å². The number of aromatic hydroxyl groups is 2. The van der Waals surface area contributed by atoms with Crippen molar-refractivity contribution in [2.45, 2.75) is 119 Å². The van der Waals surface area contributed by atoms with Crippen molar-refractivity contribution in [3.63, 3.8) is 0 Å². The molecular formula is C28H50O2. The fourth-order valence-electron chi connectivity index (χ4n) is 4.70. The minimum absolute atomic E-state index is 0.000683.